The van der Waals surface area contributed by atoms with Gasteiger partial charge in [0.15, 0.2) is 0 Å². The summed E-state index contributed by atoms with van der Waals surface area (Å²) in [6.07, 6.45) is 4.36. The second kappa shape index (κ2) is 12.6. The van der Waals surface area contributed by atoms with Gasteiger partial charge in [0, 0.05) is 50.6 Å². The van der Waals surface area contributed by atoms with E-state index in [0.717, 1.165) is 51.1 Å². The van der Waals surface area contributed by atoms with Gasteiger partial charge in [0.05, 0.1) is 27.1 Å². The summed E-state index contributed by atoms with van der Waals surface area (Å²) in [7, 11) is -1.28. The maximum Gasteiger partial charge on any atom is 0.408 e. The average Bonchev–Trinajstić information content (AvgIpc) is 3.35. The van der Waals surface area contributed by atoms with Gasteiger partial charge in [-0.1, -0.05) is 43.0 Å². The number of pyridine rings is 2. The van der Waals surface area contributed by atoms with E-state index in [1.807, 2.05) is 40.0 Å². The van der Waals surface area contributed by atoms with Gasteiger partial charge in [-0.05, 0) is 59.6 Å². The third kappa shape index (κ3) is 8.09. The number of aromatic amines is 1. The van der Waals surface area contributed by atoms with Crippen molar-refractivity contribution >= 4 is 60.1 Å². The number of nitrogen functional groups attached to an aromatic ring is 1. The van der Waals surface area contributed by atoms with Crippen LogP contribution >= 0.6 is 23.4 Å². The van der Waals surface area contributed by atoms with Crippen LogP contribution in [-0.4, -0.2) is 65.2 Å². The Kier molecular flexibility index (Phi) is 9.71. The van der Waals surface area contributed by atoms with Gasteiger partial charge in [-0.3, -0.25) is 5.10 Å². The first kappa shape index (κ1) is 32.4. The normalized spacial score (nSPS) is 16.5. The van der Waals surface area contributed by atoms with Crippen molar-refractivity contribution in [1.29, 1.82) is 0 Å². The number of hydrogen-bond donors (Lipinski definition) is 3. The number of nitrogens with zero attached hydrogens (tertiary/aromatic N) is 4. The van der Waals surface area contributed by atoms with Crippen molar-refractivity contribution in [3.05, 3.63) is 29.2 Å². The van der Waals surface area contributed by atoms with E-state index >= 15 is 0 Å². The average molecular weight is 634 g/mol. The number of rotatable bonds is 9. The summed E-state index contributed by atoms with van der Waals surface area (Å²) in [6, 6.07) is 2.90. The Morgan fingerprint density at radius 3 is 2.64 bits per heavy atom. The van der Waals surface area contributed by atoms with Crippen LogP contribution in [0.4, 0.5) is 16.4 Å². The zero-order valence-corrected chi connectivity index (χ0v) is 28.5. The van der Waals surface area contributed by atoms with Crippen molar-refractivity contribution in [3.63, 3.8) is 0 Å². The van der Waals surface area contributed by atoms with Gasteiger partial charge in [-0.2, -0.15) is 5.10 Å². The van der Waals surface area contributed by atoms with E-state index in [1.54, 1.807) is 6.20 Å². The minimum atomic E-state index is -1.28. The number of hydrogen-bond acceptors (Lipinski definition) is 9. The number of piperidine rings is 1. The molecule has 0 spiro atoms. The first-order valence-electron chi connectivity index (χ1n) is 14.4. The topological polar surface area (TPSA) is 131 Å². The molecule has 3 aromatic rings. The highest BCUT2D eigenvalue weighted by Crippen LogP contribution is 2.44. The fourth-order valence-electron chi connectivity index (χ4n) is 4.74. The molecule has 0 unspecified atom stereocenters. The van der Waals surface area contributed by atoms with Crippen LogP contribution in [0.3, 0.4) is 0 Å². The summed E-state index contributed by atoms with van der Waals surface area (Å²) >= 11 is 8.03. The molecule has 42 heavy (non-hydrogen) atoms. The van der Waals surface area contributed by atoms with Gasteiger partial charge >= 0.3 is 6.09 Å². The first-order chi connectivity index (χ1) is 19.6. The monoisotopic (exact) mass is 633 g/mol. The molecule has 1 fully saturated rings. The van der Waals surface area contributed by atoms with Crippen LogP contribution in [0.25, 0.3) is 10.9 Å². The second-order valence-electron chi connectivity index (χ2n) is 13.4. The van der Waals surface area contributed by atoms with E-state index in [-0.39, 0.29) is 17.5 Å². The number of nitrogens with one attached hydrogen (secondary N) is 2. The van der Waals surface area contributed by atoms with Crippen molar-refractivity contribution < 1.29 is 14.3 Å². The highest BCUT2D eigenvalue weighted by Gasteiger charge is 2.35. The largest absolute Gasteiger partial charge is 0.444 e. The molecule has 0 radical (unpaired) electrons. The standard InChI is InChI=1S/C29H44ClN7O3SSi/c1-18(39-15-16-42(6,7)8)22-24(41-20-9-12-32-25(31)21(20)30)23-19(17-33-36-23)26(34-22)37-13-10-29(5,11-14-37)35-27(38)40-28(2,3)4/h9,12,17-18H,10-11,13-16H2,1-8H3,(H2,31,32)(H,33,36)(H,35,38)/t18-/m0/s1. The van der Waals surface area contributed by atoms with Crippen LogP contribution in [0.15, 0.2) is 28.3 Å². The lowest BCUT2D eigenvalue weighted by atomic mass is 9.89. The molecule has 1 saturated heterocycles. The van der Waals surface area contributed by atoms with Gasteiger partial charge in [-0.25, -0.2) is 14.8 Å². The SMILES string of the molecule is C[C@H](OCC[Si](C)(C)C)c1nc(N2CCC(C)(NC(=O)OC(C)(C)C)CC2)c2c[nH]nc2c1Sc1ccnc(N)c1Cl. The molecule has 13 heteroatoms. The molecule has 4 rings (SSSR count). The number of anilines is 2. The molecule has 0 aliphatic carbocycles. The van der Waals surface area contributed by atoms with Crippen molar-refractivity contribution in [2.75, 3.05) is 30.3 Å². The minimum Gasteiger partial charge on any atom is -0.444 e. The van der Waals surface area contributed by atoms with Crippen LogP contribution in [0.1, 0.15) is 59.3 Å². The number of alkyl carbamates (subject to hydrolysis) is 1. The van der Waals surface area contributed by atoms with Gasteiger partial charge in [-0.15, -0.1) is 0 Å². The Labute approximate surface area is 258 Å². The summed E-state index contributed by atoms with van der Waals surface area (Å²) in [5.74, 6) is 1.13. The van der Waals surface area contributed by atoms with Crippen LogP contribution in [0.5, 0.6) is 0 Å². The predicted octanol–water partition coefficient (Wildman–Crippen LogP) is 7.04. The molecule has 10 nitrogen and oxygen atoms in total. The van der Waals surface area contributed by atoms with Crippen LogP contribution in [0.2, 0.25) is 30.7 Å². The summed E-state index contributed by atoms with van der Waals surface area (Å²) in [5.41, 5.74) is 6.70. The number of H-pyrrole nitrogens is 1. The minimum absolute atomic E-state index is 0.273. The molecular formula is C29H44ClN7O3SSi. The summed E-state index contributed by atoms with van der Waals surface area (Å²) < 4.78 is 11.9. The third-order valence-corrected chi connectivity index (χ3v) is 10.6. The van der Waals surface area contributed by atoms with Crippen molar-refractivity contribution in [2.45, 2.75) is 100 Å². The maximum atomic E-state index is 12.5. The lowest BCUT2D eigenvalue weighted by molar-refractivity contribution is 0.0448. The number of fused-ring (bicyclic) bond motifs is 1. The molecule has 0 aromatic carbocycles. The van der Waals surface area contributed by atoms with Crippen molar-refractivity contribution in [2.24, 2.45) is 0 Å². The lowest BCUT2D eigenvalue weighted by Crippen LogP contribution is -2.54. The Morgan fingerprint density at radius 2 is 2.00 bits per heavy atom. The van der Waals surface area contributed by atoms with E-state index in [9.17, 15) is 4.79 Å². The Hall–Kier alpha value is -2.54. The molecule has 4 heterocycles. The van der Waals surface area contributed by atoms with E-state index in [4.69, 9.17) is 31.8 Å². The number of ether oxygens (including phenoxy) is 2. The lowest BCUT2D eigenvalue weighted by Gasteiger charge is -2.41. The van der Waals surface area contributed by atoms with Gasteiger partial charge < -0.3 is 25.4 Å². The smallest absolute Gasteiger partial charge is 0.408 e. The summed E-state index contributed by atoms with van der Waals surface area (Å²) in [5, 5.41) is 12.1. The number of amides is 1. The molecular weight excluding hydrogens is 590 g/mol. The maximum absolute atomic E-state index is 12.5. The van der Waals surface area contributed by atoms with Crippen LogP contribution in [-0.2, 0) is 9.47 Å². The molecule has 3 aromatic heterocycles. The highest BCUT2D eigenvalue weighted by molar-refractivity contribution is 7.99. The molecule has 1 aliphatic rings. The number of carbonyl (C=O) groups is 1. The number of halogens is 1. The van der Waals surface area contributed by atoms with Crippen molar-refractivity contribution in [3.8, 4) is 0 Å². The fraction of sp³-hybridized carbons (Fsp3) is 0.586. The first-order valence-corrected chi connectivity index (χ1v) is 19.3. The summed E-state index contributed by atoms with van der Waals surface area (Å²) in [6.45, 7) is 18.8. The summed E-state index contributed by atoms with van der Waals surface area (Å²) in [4.78, 5) is 25.8. The highest BCUT2D eigenvalue weighted by atomic mass is 35.5. The van der Waals surface area contributed by atoms with E-state index in [0.29, 0.717) is 24.7 Å². The van der Waals surface area contributed by atoms with Gasteiger partial charge in [0.1, 0.15) is 22.8 Å². The molecule has 1 atom stereocenters. The number of aromatic nitrogens is 4. The fourth-order valence-corrected chi connectivity index (χ4v) is 6.80. The van der Waals surface area contributed by atoms with E-state index in [1.165, 1.54) is 11.8 Å². The molecule has 0 bridgehead atoms. The molecule has 1 aliphatic heterocycles. The third-order valence-electron chi connectivity index (χ3n) is 7.22. The number of carbonyl (C=O) groups excluding carboxylic acids is 1. The zero-order valence-electron chi connectivity index (χ0n) is 25.9. The molecule has 4 N–H and O–H groups in total. The Balaban J connectivity index is 1.65. The van der Waals surface area contributed by atoms with Gasteiger partial charge in [0.2, 0.25) is 0 Å². The van der Waals surface area contributed by atoms with E-state index in [2.05, 4.69) is 52.0 Å². The Morgan fingerprint density at radius 1 is 1.31 bits per heavy atom. The molecule has 1 amide bonds. The van der Waals surface area contributed by atoms with Crippen LogP contribution < -0.4 is 16.0 Å². The quantitative estimate of drug-likeness (QED) is 0.212. The van der Waals surface area contributed by atoms with Crippen molar-refractivity contribution in [1.82, 2.24) is 25.5 Å². The van der Waals surface area contributed by atoms with Gasteiger partial charge in [0.25, 0.3) is 0 Å². The number of nitrogens with two attached hydrogens (primary N) is 1. The zero-order chi connectivity index (χ0) is 30.9. The predicted molar refractivity (Wildman–Crippen MR) is 173 cm³/mol. The second-order valence-corrected chi connectivity index (χ2v) is 20.5. The molecule has 0 saturated carbocycles. The molecule has 230 valence electrons. The van der Waals surface area contributed by atoms with E-state index < -0.39 is 19.8 Å². The van der Waals surface area contributed by atoms with Crippen LogP contribution in [0, 0.1) is 0 Å². The Bertz CT molecular complexity index is 1410.